The van der Waals surface area contributed by atoms with E-state index in [0.29, 0.717) is 0 Å². The maximum Gasteiger partial charge on any atom is 0.0773 e. The minimum atomic E-state index is 0.926. The second-order valence-electron chi connectivity index (χ2n) is 2.12. The standard InChI is InChI=1S/C8H10Si/c1-7-4-3-5-8(6-7)9-2/h3-6H,1-2H3. The predicted octanol–water partition coefficient (Wildman–Crippen LogP) is 1.37. The van der Waals surface area contributed by atoms with Crippen molar-refractivity contribution < 1.29 is 0 Å². The molecule has 0 atom stereocenters. The SMILES string of the molecule is C[Si]c1cccc(C)c1. The molecule has 0 amide bonds. The smallest absolute Gasteiger partial charge is 0.0688 e. The largest absolute Gasteiger partial charge is 0.0773 e. The molecule has 0 saturated heterocycles. The normalized spacial score (nSPS) is 9.56. The summed E-state index contributed by atoms with van der Waals surface area (Å²) < 4.78 is 0. The summed E-state index contributed by atoms with van der Waals surface area (Å²) >= 11 is 0. The van der Waals surface area contributed by atoms with E-state index in [9.17, 15) is 0 Å². The first-order chi connectivity index (χ1) is 4.33. The van der Waals surface area contributed by atoms with E-state index >= 15 is 0 Å². The predicted molar refractivity (Wildman–Crippen MR) is 42.4 cm³/mol. The Hall–Kier alpha value is -0.563. The van der Waals surface area contributed by atoms with Gasteiger partial charge in [0.05, 0.1) is 9.52 Å². The maximum atomic E-state index is 2.23. The van der Waals surface area contributed by atoms with E-state index in [1.54, 1.807) is 0 Å². The van der Waals surface area contributed by atoms with E-state index in [1.807, 2.05) is 0 Å². The highest BCUT2D eigenvalue weighted by Gasteiger charge is 1.86. The van der Waals surface area contributed by atoms with Crippen LogP contribution in [0.3, 0.4) is 0 Å². The monoisotopic (exact) mass is 134 g/mol. The number of aryl methyl sites for hydroxylation is 1. The van der Waals surface area contributed by atoms with Crippen molar-refractivity contribution in [2.24, 2.45) is 0 Å². The highest BCUT2D eigenvalue weighted by Crippen LogP contribution is 1.91. The number of rotatable bonds is 1. The van der Waals surface area contributed by atoms with Crippen LogP contribution in [-0.4, -0.2) is 9.52 Å². The molecule has 1 aromatic carbocycles. The molecule has 0 aliphatic rings. The average molecular weight is 134 g/mol. The summed E-state index contributed by atoms with van der Waals surface area (Å²) in [6, 6.07) is 8.65. The van der Waals surface area contributed by atoms with Gasteiger partial charge in [0.25, 0.3) is 0 Å². The summed E-state index contributed by atoms with van der Waals surface area (Å²) in [5.41, 5.74) is 1.36. The van der Waals surface area contributed by atoms with Gasteiger partial charge in [0.15, 0.2) is 0 Å². The lowest BCUT2D eigenvalue weighted by Gasteiger charge is -1.94. The number of hydrogen-bond donors (Lipinski definition) is 0. The molecule has 0 heterocycles. The zero-order valence-corrected chi connectivity index (χ0v) is 6.81. The van der Waals surface area contributed by atoms with Gasteiger partial charge in [-0.25, -0.2) is 0 Å². The van der Waals surface area contributed by atoms with Crippen LogP contribution in [0.2, 0.25) is 6.55 Å². The Morgan fingerprint density at radius 1 is 1.33 bits per heavy atom. The van der Waals surface area contributed by atoms with E-state index in [4.69, 9.17) is 0 Å². The first kappa shape index (κ1) is 6.56. The molecule has 0 saturated carbocycles. The highest BCUT2D eigenvalue weighted by atomic mass is 28.2. The Kier molecular flexibility index (Phi) is 2.06. The Balaban J connectivity index is 2.94. The first-order valence-electron chi connectivity index (χ1n) is 3.07. The lowest BCUT2D eigenvalue weighted by molar-refractivity contribution is 1.49. The summed E-state index contributed by atoms with van der Waals surface area (Å²) in [5, 5.41) is 1.45. The summed E-state index contributed by atoms with van der Waals surface area (Å²) in [4.78, 5) is 0. The lowest BCUT2D eigenvalue weighted by Crippen LogP contribution is -2.09. The zero-order chi connectivity index (χ0) is 6.69. The Morgan fingerprint density at radius 3 is 2.56 bits per heavy atom. The molecule has 0 aliphatic heterocycles. The van der Waals surface area contributed by atoms with Gasteiger partial charge < -0.3 is 0 Å². The summed E-state index contributed by atoms with van der Waals surface area (Å²) in [6.45, 7) is 4.33. The van der Waals surface area contributed by atoms with Gasteiger partial charge in [0.2, 0.25) is 0 Å². The van der Waals surface area contributed by atoms with Crippen molar-refractivity contribution >= 4 is 14.7 Å². The molecule has 0 unspecified atom stereocenters. The summed E-state index contributed by atoms with van der Waals surface area (Å²) in [6.07, 6.45) is 0. The molecule has 46 valence electrons. The molecular weight excluding hydrogens is 124 g/mol. The average Bonchev–Trinajstić information content (AvgIpc) is 1.88. The van der Waals surface area contributed by atoms with Crippen molar-refractivity contribution in [1.29, 1.82) is 0 Å². The van der Waals surface area contributed by atoms with Gasteiger partial charge in [-0.05, 0) is 6.92 Å². The molecule has 1 heteroatoms. The fourth-order valence-electron chi connectivity index (χ4n) is 0.801. The topological polar surface area (TPSA) is 0 Å². The van der Waals surface area contributed by atoms with Crippen LogP contribution in [0.4, 0.5) is 0 Å². The summed E-state index contributed by atoms with van der Waals surface area (Å²) in [7, 11) is 0.926. The van der Waals surface area contributed by atoms with Crippen molar-refractivity contribution in [3.63, 3.8) is 0 Å². The lowest BCUT2D eigenvalue weighted by atomic mass is 10.2. The van der Waals surface area contributed by atoms with Crippen LogP contribution in [-0.2, 0) is 0 Å². The van der Waals surface area contributed by atoms with Gasteiger partial charge in [-0.3, -0.25) is 0 Å². The van der Waals surface area contributed by atoms with Crippen LogP contribution in [0.1, 0.15) is 5.56 Å². The fourth-order valence-corrected chi connectivity index (χ4v) is 1.44. The van der Waals surface area contributed by atoms with Gasteiger partial charge in [-0.2, -0.15) is 0 Å². The van der Waals surface area contributed by atoms with Gasteiger partial charge in [-0.15, -0.1) is 0 Å². The molecule has 0 nitrogen and oxygen atoms in total. The van der Waals surface area contributed by atoms with Gasteiger partial charge in [0.1, 0.15) is 0 Å². The van der Waals surface area contributed by atoms with Crippen LogP contribution in [0.5, 0.6) is 0 Å². The molecule has 0 aliphatic carbocycles. The van der Waals surface area contributed by atoms with E-state index in [2.05, 4.69) is 37.7 Å². The van der Waals surface area contributed by atoms with Crippen molar-refractivity contribution in [2.45, 2.75) is 13.5 Å². The van der Waals surface area contributed by atoms with Gasteiger partial charge in [0, 0.05) is 0 Å². The molecule has 9 heavy (non-hydrogen) atoms. The second-order valence-corrected chi connectivity index (χ2v) is 3.20. The van der Waals surface area contributed by atoms with Crippen LogP contribution >= 0.6 is 0 Å². The molecule has 1 aromatic rings. The maximum absolute atomic E-state index is 2.23. The van der Waals surface area contributed by atoms with Gasteiger partial charge >= 0.3 is 0 Å². The van der Waals surface area contributed by atoms with Crippen molar-refractivity contribution in [2.75, 3.05) is 0 Å². The van der Waals surface area contributed by atoms with E-state index < -0.39 is 0 Å². The Labute approximate surface area is 58.7 Å². The third-order valence-corrected chi connectivity index (χ3v) is 2.20. The molecular formula is C8H10Si. The van der Waals surface area contributed by atoms with E-state index in [-0.39, 0.29) is 0 Å². The quantitative estimate of drug-likeness (QED) is 0.509. The minimum absolute atomic E-state index is 0.926. The van der Waals surface area contributed by atoms with Crippen molar-refractivity contribution in [3.8, 4) is 0 Å². The number of benzene rings is 1. The molecule has 0 aromatic heterocycles. The molecule has 0 fully saturated rings. The fraction of sp³-hybridized carbons (Fsp3) is 0.250. The van der Waals surface area contributed by atoms with Crippen LogP contribution in [0.15, 0.2) is 24.3 Å². The molecule has 2 radical (unpaired) electrons. The third-order valence-electron chi connectivity index (χ3n) is 1.31. The van der Waals surface area contributed by atoms with Gasteiger partial charge in [-0.1, -0.05) is 41.6 Å². The van der Waals surface area contributed by atoms with E-state index in [1.165, 1.54) is 10.8 Å². The van der Waals surface area contributed by atoms with Crippen molar-refractivity contribution in [3.05, 3.63) is 29.8 Å². The van der Waals surface area contributed by atoms with E-state index in [0.717, 1.165) is 9.52 Å². The third kappa shape index (κ3) is 1.68. The summed E-state index contributed by atoms with van der Waals surface area (Å²) in [5.74, 6) is 0. The molecule has 0 spiro atoms. The zero-order valence-electron chi connectivity index (χ0n) is 5.81. The number of hydrogen-bond acceptors (Lipinski definition) is 0. The Morgan fingerprint density at radius 2 is 2.11 bits per heavy atom. The minimum Gasteiger partial charge on any atom is -0.0688 e. The molecule has 1 rings (SSSR count). The van der Waals surface area contributed by atoms with Crippen molar-refractivity contribution in [1.82, 2.24) is 0 Å². The first-order valence-corrected chi connectivity index (χ1v) is 4.57. The Bertz CT molecular complexity index is 194. The second kappa shape index (κ2) is 2.83. The highest BCUT2D eigenvalue weighted by molar-refractivity contribution is 6.51. The van der Waals surface area contributed by atoms with Crippen LogP contribution < -0.4 is 5.19 Å². The van der Waals surface area contributed by atoms with Crippen LogP contribution in [0.25, 0.3) is 0 Å². The van der Waals surface area contributed by atoms with Crippen LogP contribution in [0, 0.1) is 6.92 Å². The molecule has 0 N–H and O–H groups in total. The molecule has 0 bridgehead atoms.